The summed E-state index contributed by atoms with van der Waals surface area (Å²) in [5, 5.41) is 2.52. The quantitative estimate of drug-likeness (QED) is 0.584. The number of benzene rings is 1. The van der Waals surface area contributed by atoms with Crippen molar-refractivity contribution in [2.75, 3.05) is 0 Å². The van der Waals surface area contributed by atoms with Crippen LogP contribution in [0.5, 0.6) is 0 Å². The number of hydrogen-bond donors (Lipinski definition) is 0. The lowest BCUT2D eigenvalue weighted by atomic mass is 10.1. The van der Waals surface area contributed by atoms with Gasteiger partial charge in [0.05, 0.1) is 11.0 Å². The maximum atomic E-state index is 4.33. The van der Waals surface area contributed by atoms with Gasteiger partial charge in [-0.05, 0) is 30.5 Å². The van der Waals surface area contributed by atoms with Gasteiger partial charge in [-0.25, -0.2) is 0 Å². The molecule has 0 unspecified atom stereocenters. The summed E-state index contributed by atoms with van der Waals surface area (Å²) in [5.41, 5.74) is 2.37. The third-order valence-corrected chi connectivity index (χ3v) is 2.85. The first kappa shape index (κ1) is 8.48. The van der Waals surface area contributed by atoms with Gasteiger partial charge in [-0.3, -0.25) is 4.98 Å². The summed E-state index contributed by atoms with van der Waals surface area (Å²) in [6, 6.07) is 10.5. The maximum absolute atomic E-state index is 4.33. The number of aromatic nitrogens is 2. The average molecular weight is 196 g/mol. The Hall–Kier alpha value is -1.83. The van der Waals surface area contributed by atoms with Crippen LogP contribution in [0.2, 0.25) is 0 Å². The van der Waals surface area contributed by atoms with Crippen molar-refractivity contribution in [1.29, 1.82) is 0 Å². The van der Waals surface area contributed by atoms with E-state index in [-0.39, 0.29) is 0 Å². The predicted octanol–water partition coefficient (Wildman–Crippen LogP) is 3.21. The number of rotatable bonds is 1. The van der Waals surface area contributed by atoms with Crippen LogP contribution in [0.1, 0.15) is 6.92 Å². The molecular weight excluding hydrogens is 184 g/mol. The lowest BCUT2D eigenvalue weighted by Crippen LogP contribution is -1.96. The van der Waals surface area contributed by atoms with Gasteiger partial charge in [0.2, 0.25) is 0 Å². The fraction of sp³-hybridized carbons (Fsp3) is 0.154. The first-order valence-electron chi connectivity index (χ1n) is 5.22. The fourth-order valence-corrected chi connectivity index (χ4v) is 2.13. The van der Waals surface area contributed by atoms with Gasteiger partial charge in [-0.2, -0.15) is 0 Å². The molecule has 15 heavy (non-hydrogen) atoms. The summed E-state index contributed by atoms with van der Waals surface area (Å²) < 4.78 is 2.26. The minimum atomic E-state index is 0.988. The predicted molar refractivity (Wildman–Crippen MR) is 62.9 cm³/mol. The minimum Gasteiger partial charge on any atom is -0.347 e. The van der Waals surface area contributed by atoms with Gasteiger partial charge in [-0.15, -0.1) is 0 Å². The lowest BCUT2D eigenvalue weighted by molar-refractivity contribution is 0.791. The Morgan fingerprint density at radius 3 is 3.00 bits per heavy atom. The molecule has 0 aliphatic rings. The molecule has 0 amide bonds. The first-order valence-corrected chi connectivity index (χ1v) is 5.22. The number of pyridine rings is 1. The van der Waals surface area contributed by atoms with Crippen molar-refractivity contribution in [3.8, 4) is 0 Å². The molecule has 74 valence electrons. The van der Waals surface area contributed by atoms with E-state index in [4.69, 9.17) is 0 Å². The van der Waals surface area contributed by atoms with Crippen LogP contribution in [-0.2, 0) is 6.54 Å². The molecule has 2 heteroatoms. The van der Waals surface area contributed by atoms with Gasteiger partial charge in [0, 0.05) is 24.3 Å². The van der Waals surface area contributed by atoms with Crippen LogP contribution in [0.15, 0.2) is 42.7 Å². The van der Waals surface area contributed by atoms with Crippen molar-refractivity contribution in [2.45, 2.75) is 13.5 Å². The average Bonchev–Trinajstić information content (AvgIpc) is 2.76. The molecule has 0 aliphatic carbocycles. The van der Waals surface area contributed by atoms with Gasteiger partial charge >= 0.3 is 0 Å². The van der Waals surface area contributed by atoms with Crippen molar-refractivity contribution >= 4 is 21.8 Å². The molecule has 0 saturated heterocycles. The van der Waals surface area contributed by atoms with Gasteiger partial charge in [0.25, 0.3) is 0 Å². The Balaban J connectivity index is 2.58. The van der Waals surface area contributed by atoms with Gasteiger partial charge in [-0.1, -0.05) is 12.1 Å². The molecule has 0 atom stereocenters. The molecule has 0 N–H and O–H groups in total. The maximum Gasteiger partial charge on any atom is 0.0723 e. The summed E-state index contributed by atoms with van der Waals surface area (Å²) in [7, 11) is 0. The van der Waals surface area contributed by atoms with E-state index in [2.05, 4.69) is 53.0 Å². The van der Waals surface area contributed by atoms with Gasteiger partial charge in [0.1, 0.15) is 0 Å². The van der Waals surface area contributed by atoms with Crippen molar-refractivity contribution in [2.24, 2.45) is 0 Å². The molecule has 1 aromatic carbocycles. The Bertz CT molecular complexity index is 623. The Morgan fingerprint density at radius 1 is 1.20 bits per heavy atom. The summed E-state index contributed by atoms with van der Waals surface area (Å²) in [4.78, 5) is 4.33. The number of hydrogen-bond acceptors (Lipinski definition) is 1. The fourth-order valence-electron chi connectivity index (χ4n) is 2.13. The molecule has 3 aromatic rings. The van der Waals surface area contributed by atoms with E-state index >= 15 is 0 Å². The Morgan fingerprint density at radius 2 is 2.13 bits per heavy atom. The van der Waals surface area contributed by atoms with Gasteiger partial charge < -0.3 is 4.57 Å². The molecule has 2 nitrogen and oxygen atoms in total. The highest BCUT2D eigenvalue weighted by atomic mass is 14.9. The van der Waals surface area contributed by atoms with E-state index in [9.17, 15) is 0 Å². The number of aryl methyl sites for hydroxylation is 1. The van der Waals surface area contributed by atoms with Crippen LogP contribution in [0.4, 0.5) is 0 Å². The van der Waals surface area contributed by atoms with E-state index in [1.165, 1.54) is 16.3 Å². The molecule has 0 saturated carbocycles. The monoisotopic (exact) mass is 196 g/mol. The van der Waals surface area contributed by atoms with E-state index in [1.807, 2.05) is 6.20 Å². The van der Waals surface area contributed by atoms with Crippen molar-refractivity contribution < 1.29 is 0 Å². The zero-order chi connectivity index (χ0) is 10.3. The normalized spacial score (nSPS) is 11.3. The molecule has 0 bridgehead atoms. The largest absolute Gasteiger partial charge is 0.347 e. The van der Waals surface area contributed by atoms with Crippen LogP contribution >= 0.6 is 0 Å². The van der Waals surface area contributed by atoms with E-state index in [0.29, 0.717) is 0 Å². The van der Waals surface area contributed by atoms with E-state index in [0.717, 1.165) is 12.1 Å². The SMILES string of the molecule is CCn1cccc2ccc3nccc3c21. The van der Waals surface area contributed by atoms with Crippen molar-refractivity contribution in [1.82, 2.24) is 9.55 Å². The number of nitrogens with zero attached hydrogens (tertiary/aromatic N) is 2. The lowest BCUT2D eigenvalue weighted by Gasteiger charge is -2.09. The summed E-state index contributed by atoms with van der Waals surface area (Å²) in [5.74, 6) is 0. The number of fused-ring (bicyclic) bond motifs is 3. The third kappa shape index (κ3) is 1.14. The van der Waals surface area contributed by atoms with E-state index in [1.54, 1.807) is 0 Å². The highest BCUT2D eigenvalue weighted by Gasteiger charge is 2.03. The van der Waals surface area contributed by atoms with E-state index < -0.39 is 0 Å². The summed E-state index contributed by atoms with van der Waals surface area (Å²) in [6.07, 6.45) is 3.99. The highest BCUT2D eigenvalue weighted by Crippen LogP contribution is 2.24. The molecule has 2 heterocycles. The Labute approximate surface area is 88.2 Å². The second kappa shape index (κ2) is 3.09. The zero-order valence-electron chi connectivity index (χ0n) is 8.64. The molecule has 0 spiro atoms. The molecule has 0 fully saturated rings. The summed E-state index contributed by atoms with van der Waals surface area (Å²) in [6.45, 7) is 3.15. The zero-order valence-corrected chi connectivity index (χ0v) is 8.64. The Kier molecular flexibility index (Phi) is 1.75. The van der Waals surface area contributed by atoms with Crippen LogP contribution in [0.25, 0.3) is 21.8 Å². The molecule has 0 aliphatic heterocycles. The van der Waals surface area contributed by atoms with Crippen LogP contribution < -0.4 is 0 Å². The molecular formula is C13H12N2. The molecule has 2 aromatic heterocycles. The van der Waals surface area contributed by atoms with Crippen molar-refractivity contribution in [3.63, 3.8) is 0 Å². The highest BCUT2D eigenvalue weighted by molar-refractivity contribution is 6.04. The summed E-state index contributed by atoms with van der Waals surface area (Å²) >= 11 is 0. The smallest absolute Gasteiger partial charge is 0.0723 e. The third-order valence-electron chi connectivity index (χ3n) is 2.85. The second-order valence-electron chi connectivity index (χ2n) is 3.68. The topological polar surface area (TPSA) is 17.8 Å². The molecule has 0 radical (unpaired) electrons. The van der Waals surface area contributed by atoms with Crippen LogP contribution in [0.3, 0.4) is 0 Å². The minimum absolute atomic E-state index is 0.988. The van der Waals surface area contributed by atoms with Crippen molar-refractivity contribution in [3.05, 3.63) is 42.7 Å². The molecule has 3 rings (SSSR count). The van der Waals surface area contributed by atoms with Crippen LogP contribution in [0, 0.1) is 0 Å². The standard InChI is InChI=1S/C13H12N2/c1-2-15-9-3-4-10-5-6-12-11(13(10)15)7-8-14-12/h3-9H,2H2,1H3. The second-order valence-corrected chi connectivity index (χ2v) is 3.68. The van der Waals surface area contributed by atoms with Gasteiger partial charge in [0.15, 0.2) is 0 Å². The first-order chi connectivity index (χ1) is 7.40. The van der Waals surface area contributed by atoms with Crippen LogP contribution in [-0.4, -0.2) is 9.55 Å².